The third-order valence-corrected chi connectivity index (χ3v) is 5.37. The lowest BCUT2D eigenvalue weighted by Crippen LogP contribution is -2.47. The molecule has 2 fully saturated rings. The SMILES string of the molecule is CNC1CCC(N(C)C2CCCC(C(F)(F)F)C2)CC1. The zero-order valence-corrected chi connectivity index (χ0v) is 12.5. The number of halogens is 3. The Kier molecular flexibility index (Phi) is 5.35. The van der Waals surface area contributed by atoms with Gasteiger partial charge in [-0.05, 0) is 59.0 Å². The fourth-order valence-corrected chi connectivity index (χ4v) is 3.90. The molecule has 0 saturated heterocycles. The second-order valence-corrected chi connectivity index (χ2v) is 6.52. The van der Waals surface area contributed by atoms with Crippen LogP contribution in [0.15, 0.2) is 0 Å². The Bertz CT molecular complexity index is 298. The Balaban J connectivity index is 1.87. The van der Waals surface area contributed by atoms with E-state index in [-0.39, 0.29) is 6.04 Å². The maximum absolute atomic E-state index is 12.9. The standard InChI is InChI=1S/C15H27F3N2/c1-19-12-6-8-13(9-7-12)20(2)14-5-3-4-11(10-14)15(16,17)18/h11-14,19H,3-10H2,1-2H3. The first-order chi connectivity index (χ1) is 9.41. The molecule has 0 aromatic heterocycles. The highest BCUT2D eigenvalue weighted by Crippen LogP contribution is 2.39. The Morgan fingerprint density at radius 2 is 1.60 bits per heavy atom. The summed E-state index contributed by atoms with van der Waals surface area (Å²) in [5, 5.41) is 3.30. The van der Waals surface area contributed by atoms with Crippen molar-refractivity contribution in [2.45, 2.75) is 75.7 Å². The maximum Gasteiger partial charge on any atom is 0.391 e. The summed E-state index contributed by atoms with van der Waals surface area (Å²) in [4.78, 5) is 2.25. The van der Waals surface area contributed by atoms with Crippen LogP contribution in [0.1, 0.15) is 51.4 Å². The largest absolute Gasteiger partial charge is 0.391 e. The van der Waals surface area contributed by atoms with Crippen molar-refractivity contribution in [3.05, 3.63) is 0 Å². The van der Waals surface area contributed by atoms with Crippen molar-refractivity contribution < 1.29 is 13.2 Å². The van der Waals surface area contributed by atoms with E-state index in [0.717, 1.165) is 32.1 Å². The normalized spacial score (nSPS) is 36.3. The van der Waals surface area contributed by atoms with Crippen LogP contribution in [0.2, 0.25) is 0 Å². The molecular formula is C15H27F3N2. The van der Waals surface area contributed by atoms with Crippen LogP contribution >= 0.6 is 0 Å². The average molecular weight is 292 g/mol. The molecule has 2 saturated carbocycles. The topological polar surface area (TPSA) is 15.3 Å². The number of rotatable bonds is 3. The van der Waals surface area contributed by atoms with E-state index in [9.17, 15) is 13.2 Å². The van der Waals surface area contributed by atoms with Gasteiger partial charge in [0.05, 0.1) is 5.92 Å². The minimum Gasteiger partial charge on any atom is -0.317 e. The van der Waals surface area contributed by atoms with Gasteiger partial charge in [-0.2, -0.15) is 13.2 Å². The molecule has 0 radical (unpaired) electrons. The monoisotopic (exact) mass is 292 g/mol. The Morgan fingerprint density at radius 1 is 0.950 bits per heavy atom. The van der Waals surface area contributed by atoms with Crippen LogP contribution < -0.4 is 5.32 Å². The van der Waals surface area contributed by atoms with Crippen molar-refractivity contribution in [3.8, 4) is 0 Å². The second kappa shape index (κ2) is 6.65. The molecule has 0 aromatic rings. The van der Waals surface area contributed by atoms with Crippen molar-refractivity contribution in [1.29, 1.82) is 0 Å². The number of nitrogens with one attached hydrogen (secondary N) is 1. The molecule has 2 atom stereocenters. The molecule has 1 N–H and O–H groups in total. The van der Waals surface area contributed by atoms with Crippen LogP contribution in [0.4, 0.5) is 13.2 Å². The average Bonchev–Trinajstić information content (AvgIpc) is 2.46. The van der Waals surface area contributed by atoms with E-state index < -0.39 is 12.1 Å². The number of hydrogen-bond donors (Lipinski definition) is 1. The van der Waals surface area contributed by atoms with E-state index >= 15 is 0 Å². The molecule has 0 aliphatic heterocycles. The molecule has 2 aliphatic rings. The van der Waals surface area contributed by atoms with Crippen molar-refractivity contribution in [2.24, 2.45) is 5.92 Å². The van der Waals surface area contributed by atoms with Gasteiger partial charge in [-0.15, -0.1) is 0 Å². The minimum absolute atomic E-state index is 0.117. The van der Waals surface area contributed by atoms with Gasteiger partial charge in [0.25, 0.3) is 0 Å². The molecule has 0 bridgehead atoms. The summed E-state index contributed by atoms with van der Waals surface area (Å²) < 4.78 is 38.7. The fourth-order valence-electron chi connectivity index (χ4n) is 3.90. The van der Waals surface area contributed by atoms with Gasteiger partial charge in [-0.3, -0.25) is 0 Å². The van der Waals surface area contributed by atoms with E-state index in [4.69, 9.17) is 0 Å². The van der Waals surface area contributed by atoms with Crippen LogP contribution in [0.3, 0.4) is 0 Å². The van der Waals surface area contributed by atoms with E-state index in [1.165, 1.54) is 0 Å². The summed E-state index contributed by atoms with van der Waals surface area (Å²) in [5.41, 5.74) is 0. The van der Waals surface area contributed by atoms with Crippen LogP contribution in [0.25, 0.3) is 0 Å². The molecule has 0 spiro atoms. The van der Waals surface area contributed by atoms with Gasteiger partial charge in [-0.25, -0.2) is 0 Å². The van der Waals surface area contributed by atoms with Gasteiger partial charge in [0.15, 0.2) is 0 Å². The van der Waals surface area contributed by atoms with Gasteiger partial charge in [-0.1, -0.05) is 6.42 Å². The zero-order chi connectivity index (χ0) is 14.8. The molecular weight excluding hydrogens is 265 g/mol. The maximum atomic E-state index is 12.9. The van der Waals surface area contributed by atoms with Crippen LogP contribution in [-0.2, 0) is 0 Å². The summed E-state index contributed by atoms with van der Waals surface area (Å²) >= 11 is 0. The van der Waals surface area contributed by atoms with E-state index in [2.05, 4.69) is 10.2 Å². The van der Waals surface area contributed by atoms with E-state index in [0.29, 0.717) is 31.3 Å². The third kappa shape index (κ3) is 3.88. The number of alkyl halides is 3. The lowest BCUT2D eigenvalue weighted by atomic mass is 9.82. The van der Waals surface area contributed by atoms with Gasteiger partial charge in [0.1, 0.15) is 0 Å². The Morgan fingerprint density at radius 3 is 2.15 bits per heavy atom. The van der Waals surface area contributed by atoms with E-state index in [1.807, 2.05) is 14.1 Å². The highest BCUT2D eigenvalue weighted by molar-refractivity contribution is 4.88. The molecule has 0 aromatic carbocycles. The highest BCUT2D eigenvalue weighted by Gasteiger charge is 2.43. The second-order valence-electron chi connectivity index (χ2n) is 6.52. The molecule has 2 unspecified atom stereocenters. The molecule has 0 heterocycles. The molecule has 5 heteroatoms. The Hall–Kier alpha value is -0.290. The van der Waals surface area contributed by atoms with Crippen LogP contribution in [-0.4, -0.2) is 43.3 Å². The smallest absolute Gasteiger partial charge is 0.317 e. The number of hydrogen-bond acceptors (Lipinski definition) is 2. The van der Waals surface area contributed by atoms with Crippen molar-refractivity contribution in [1.82, 2.24) is 10.2 Å². The van der Waals surface area contributed by atoms with Crippen LogP contribution in [0, 0.1) is 5.92 Å². The number of nitrogens with zero attached hydrogens (tertiary/aromatic N) is 1. The van der Waals surface area contributed by atoms with Crippen molar-refractivity contribution >= 4 is 0 Å². The molecule has 118 valence electrons. The fraction of sp³-hybridized carbons (Fsp3) is 1.00. The minimum atomic E-state index is -4.01. The molecule has 2 rings (SSSR count). The first kappa shape index (κ1) is 16.1. The highest BCUT2D eigenvalue weighted by atomic mass is 19.4. The first-order valence-electron chi connectivity index (χ1n) is 7.87. The van der Waals surface area contributed by atoms with E-state index in [1.54, 1.807) is 0 Å². The third-order valence-electron chi connectivity index (χ3n) is 5.37. The Labute approximate surface area is 120 Å². The summed E-state index contributed by atoms with van der Waals surface area (Å²) in [5.74, 6) is -1.09. The zero-order valence-electron chi connectivity index (χ0n) is 12.5. The quantitative estimate of drug-likeness (QED) is 0.855. The summed E-state index contributed by atoms with van der Waals surface area (Å²) in [6, 6.07) is 1.18. The summed E-state index contributed by atoms with van der Waals surface area (Å²) in [6.07, 6.45) is 2.74. The van der Waals surface area contributed by atoms with Crippen molar-refractivity contribution in [3.63, 3.8) is 0 Å². The van der Waals surface area contributed by atoms with Gasteiger partial charge in [0.2, 0.25) is 0 Å². The predicted octanol–water partition coefficient (Wildman–Crippen LogP) is 3.57. The summed E-state index contributed by atoms with van der Waals surface area (Å²) in [7, 11) is 4.03. The van der Waals surface area contributed by atoms with Gasteiger partial charge >= 0.3 is 6.18 Å². The van der Waals surface area contributed by atoms with Gasteiger partial charge in [0, 0.05) is 18.1 Å². The van der Waals surface area contributed by atoms with Crippen molar-refractivity contribution in [2.75, 3.05) is 14.1 Å². The van der Waals surface area contributed by atoms with Crippen LogP contribution in [0.5, 0.6) is 0 Å². The first-order valence-corrected chi connectivity index (χ1v) is 7.87. The molecule has 0 amide bonds. The lowest BCUT2D eigenvalue weighted by Gasteiger charge is -2.42. The molecule has 20 heavy (non-hydrogen) atoms. The van der Waals surface area contributed by atoms with Gasteiger partial charge < -0.3 is 10.2 Å². The molecule has 2 nitrogen and oxygen atoms in total. The molecule has 2 aliphatic carbocycles. The lowest BCUT2D eigenvalue weighted by molar-refractivity contribution is -0.187. The summed E-state index contributed by atoms with van der Waals surface area (Å²) in [6.45, 7) is 0. The predicted molar refractivity (Wildman–Crippen MR) is 74.7 cm³/mol.